The van der Waals surface area contributed by atoms with Crippen LogP contribution in [0.3, 0.4) is 0 Å². The molecule has 2 aromatic rings. The monoisotopic (exact) mass is 492 g/mol. The molecule has 1 aliphatic heterocycles. The average molecular weight is 493 g/mol. The molecule has 0 bridgehead atoms. The lowest BCUT2D eigenvalue weighted by molar-refractivity contribution is -0.120. The normalized spacial score (nSPS) is 15.4. The molecule has 1 saturated heterocycles. The van der Waals surface area contributed by atoms with Crippen molar-refractivity contribution < 1.29 is 18.0 Å². The van der Waals surface area contributed by atoms with Gasteiger partial charge in [-0.2, -0.15) is 4.31 Å². The number of nitrogens with zero attached hydrogens (tertiary/aromatic N) is 2. The van der Waals surface area contributed by atoms with E-state index in [9.17, 15) is 18.0 Å². The Hall–Kier alpha value is -2.49. The zero-order chi connectivity index (χ0) is 24.2. The maximum Gasteiger partial charge on any atom is 0.251 e. The maximum absolute atomic E-state index is 12.9. The first-order valence-corrected chi connectivity index (χ1v) is 12.7. The second-order valence-corrected chi connectivity index (χ2v) is 10.9. The van der Waals surface area contributed by atoms with Gasteiger partial charge in [0.2, 0.25) is 15.9 Å². The van der Waals surface area contributed by atoms with Gasteiger partial charge in [-0.05, 0) is 61.6 Å². The Balaban J connectivity index is 1.59. The number of halogens is 1. The summed E-state index contributed by atoms with van der Waals surface area (Å²) in [5.41, 5.74) is 1.96. The predicted molar refractivity (Wildman–Crippen MR) is 128 cm³/mol. The summed E-state index contributed by atoms with van der Waals surface area (Å²) in [6, 6.07) is 8.12. The number of carbonyl (C=O) groups excluding carboxylic acids is 2. The molecule has 8 nitrogen and oxygen atoms in total. The maximum atomic E-state index is 12.9. The molecule has 1 aromatic carbocycles. The highest BCUT2D eigenvalue weighted by atomic mass is 35.5. The lowest BCUT2D eigenvalue weighted by atomic mass is 9.97. The summed E-state index contributed by atoms with van der Waals surface area (Å²) in [7, 11) is -3.76. The number of hydrogen-bond acceptors (Lipinski definition) is 5. The fourth-order valence-electron chi connectivity index (χ4n) is 3.64. The van der Waals surface area contributed by atoms with Crippen LogP contribution in [0, 0.1) is 18.8 Å². The Morgan fingerprint density at radius 3 is 2.52 bits per heavy atom. The van der Waals surface area contributed by atoms with Crippen LogP contribution in [0.25, 0.3) is 0 Å². The van der Waals surface area contributed by atoms with Gasteiger partial charge in [-0.3, -0.25) is 9.59 Å². The number of aryl methyl sites for hydroxylation is 1. The molecule has 2 N–H and O–H groups in total. The van der Waals surface area contributed by atoms with E-state index in [1.807, 2.05) is 20.8 Å². The number of aromatic nitrogens is 1. The van der Waals surface area contributed by atoms with Crippen molar-refractivity contribution in [2.75, 3.05) is 25.0 Å². The second kappa shape index (κ2) is 10.6. The number of sulfonamides is 1. The third-order valence-corrected chi connectivity index (χ3v) is 7.93. The summed E-state index contributed by atoms with van der Waals surface area (Å²) in [5, 5.41) is 5.74. The van der Waals surface area contributed by atoms with Gasteiger partial charge < -0.3 is 10.6 Å². The minimum absolute atomic E-state index is 0.0253. The van der Waals surface area contributed by atoms with Gasteiger partial charge in [0, 0.05) is 43.0 Å². The van der Waals surface area contributed by atoms with E-state index < -0.39 is 10.0 Å². The Labute approximate surface area is 199 Å². The molecule has 33 heavy (non-hydrogen) atoms. The Morgan fingerprint density at radius 2 is 1.91 bits per heavy atom. The molecule has 0 saturated carbocycles. The van der Waals surface area contributed by atoms with E-state index in [0.29, 0.717) is 36.6 Å². The van der Waals surface area contributed by atoms with Gasteiger partial charge in [0.05, 0.1) is 0 Å². The predicted octanol–water partition coefficient (Wildman–Crippen LogP) is 3.47. The number of anilines is 1. The first-order chi connectivity index (χ1) is 15.6. The molecule has 3 rings (SSSR count). The molecule has 1 aliphatic rings. The highest BCUT2D eigenvalue weighted by Gasteiger charge is 2.33. The van der Waals surface area contributed by atoms with Gasteiger partial charge in [-0.25, -0.2) is 13.4 Å². The SMILES string of the molecule is Cc1cc(C(=O)NCC(C)C)ccc1NC(=O)C1CCN(S(=O)(=O)c2cccnc2Cl)CC1. The molecule has 0 spiro atoms. The molecule has 1 fully saturated rings. The second-order valence-electron chi connectivity index (χ2n) is 8.59. The number of benzene rings is 1. The number of nitrogens with one attached hydrogen (secondary N) is 2. The van der Waals surface area contributed by atoms with Gasteiger partial charge in [-0.1, -0.05) is 25.4 Å². The lowest BCUT2D eigenvalue weighted by Crippen LogP contribution is -2.41. The van der Waals surface area contributed by atoms with Gasteiger partial charge in [-0.15, -0.1) is 0 Å². The molecule has 0 radical (unpaired) electrons. The molecule has 2 amide bonds. The average Bonchev–Trinajstić information content (AvgIpc) is 2.79. The summed E-state index contributed by atoms with van der Waals surface area (Å²) < 4.78 is 27.1. The van der Waals surface area contributed by atoms with E-state index in [-0.39, 0.29) is 40.9 Å². The van der Waals surface area contributed by atoms with Gasteiger partial charge in [0.25, 0.3) is 5.91 Å². The molecule has 1 aromatic heterocycles. The third kappa shape index (κ3) is 6.10. The summed E-state index contributed by atoms with van der Waals surface area (Å²) >= 11 is 5.97. The van der Waals surface area contributed by atoms with Gasteiger partial charge >= 0.3 is 0 Å². The van der Waals surface area contributed by atoms with Crippen molar-refractivity contribution in [3.8, 4) is 0 Å². The van der Waals surface area contributed by atoms with Crippen molar-refractivity contribution in [1.82, 2.24) is 14.6 Å². The van der Waals surface area contributed by atoms with Gasteiger partial charge in [0.15, 0.2) is 0 Å². The van der Waals surface area contributed by atoms with Gasteiger partial charge in [0.1, 0.15) is 10.0 Å². The van der Waals surface area contributed by atoms with E-state index >= 15 is 0 Å². The zero-order valence-electron chi connectivity index (χ0n) is 19.0. The largest absolute Gasteiger partial charge is 0.352 e. The summed E-state index contributed by atoms with van der Waals surface area (Å²) in [4.78, 5) is 28.9. The molecule has 178 valence electrons. The van der Waals surface area contributed by atoms with Crippen LogP contribution in [0.2, 0.25) is 5.15 Å². The van der Waals surface area contributed by atoms with E-state index in [0.717, 1.165) is 5.56 Å². The van der Waals surface area contributed by atoms with Crippen molar-refractivity contribution in [2.24, 2.45) is 11.8 Å². The first-order valence-electron chi connectivity index (χ1n) is 10.9. The fourth-order valence-corrected chi connectivity index (χ4v) is 5.54. The van der Waals surface area contributed by atoms with Crippen LogP contribution in [0.5, 0.6) is 0 Å². The molecule has 10 heteroatoms. The van der Waals surface area contributed by atoms with Crippen molar-refractivity contribution in [1.29, 1.82) is 0 Å². The Bertz CT molecular complexity index is 1130. The van der Waals surface area contributed by atoms with Crippen LogP contribution in [0.4, 0.5) is 5.69 Å². The summed E-state index contributed by atoms with van der Waals surface area (Å²) in [6.07, 6.45) is 2.24. The topological polar surface area (TPSA) is 108 Å². The van der Waals surface area contributed by atoms with Crippen LogP contribution < -0.4 is 10.6 Å². The molecular formula is C23H29ClN4O4S. The zero-order valence-corrected chi connectivity index (χ0v) is 20.5. The number of piperidine rings is 1. The highest BCUT2D eigenvalue weighted by molar-refractivity contribution is 7.89. The van der Waals surface area contributed by atoms with Crippen LogP contribution in [-0.4, -0.2) is 49.2 Å². The Kier molecular flexibility index (Phi) is 8.10. The van der Waals surface area contributed by atoms with Crippen molar-refractivity contribution in [2.45, 2.75) is 38.5 Å². The minimum atomic E-state index is -3.76. The standard InChI is InChI=1S/C23H29ClN4O4S/c1-15(2)14-26-22(29)18-6-7-19(16(3)13-18)27-23(30)17-8-11-28(12-9-17)33(31,32)20-5-4-10-25-21(20)24/h4-7,10,13,15,17H,8-9,11-12,14H2,1-3H3,(H,26,29)(H,27,30). The number of hydrogen-bond donors (Lipinski definition) is 2. The summed E-state index contributed by atoms with van der Waals surface area (Å²) in [5.74, 6) is -0.260. The Morgan fingerprint density at radius 1 is 1.21 bits per heavy atom. The highest BCUT2D eigenvalue weighted by Crippen LogP contribution is 2.28. The van der Waals surface area contributed by atoms with E-state index in [1.165, 1.54) is 22.6 Å². The van der Waals surface area contributed by atoms with E-state index in [1.54, 1.807) is 18.2 Å². The molecular weight excluding hydrogens is 464 g/mol. The van der Waals surface area contributed by atoms with Crippen molar-refractivity contribution in [3.63, 3.8) is 0 Å². The van der Waals surface area contributed by atoms with Crippen LogP contribution in [0.15, 0.2) is 41.4 Å². The van der Waals surface area contributed by atoms with Crippen LogP contribution >= 0.6 is 11.6 Å². The number of rotatable bonds is 7. The van der Waals surface area contributed by atoms with E-state index in [2.05, 4.69) is 15.6 Å². The van der Waals surface area contributed by atoms with Crippen molar-refractivity contribution >= 4 is 39.1 Å². The molecule has 0 unspecified atom stereocenters. The number of pyridine rings is 1. The number of amides is 2. The lowest BCUT2D eigenvalue weighted by Gasteiger charge is -2.30. The van der Waals surface area contributed by atoms with Crippen molar-refractivity contribution in [3.05, 3.63) is 52.8 Å². The minimum Gasteiger partial charge on any atom is -0.352 e. The fraction of sp³-hybridized carbons (Fsp3) is 0.435. The number of carbonyl (C=O) groups is 2. The smallest absolute Gasteiger partial charge is 0.251 e. The molecule has 2 heterocycles. The third-order valence-electron chi connectivity index (χ3n) is 5.58. The molecule has 0 aliphatic carbocycles. The van der Waals surface area contributed by atoms with Crippen LogP contribution in [0.1, 0.15) is 42.6 Å². The van der Waals surface area contributed by atoms with E-state index in [4.69, 9.17) is 11.6 Å². The quantitative estimate of drug-likeness (QED) is 0.575. The first kappa shape index (κ1) is 25.1. The summed E-state index contributed by atoms with van der Waals surface area (Å²) in [6.45, 7) is 6.93. The molecule has 0 atom stereocenters. The van der Waals surface area contributed by atoms with Crippen LogP contribution in [-0.2, 0) is 14.8 Å².